The van der Waals surface area contributed by atoms with E-state index in [9.17, 15) is 13.2 Å². The molecule has 0 saturated heterocycles. The molecule has 1 heterocycles. The summed E-state index contributed by atoms with van der Waals surface area (Å²) in [7, 11) is 0. The van der Waals surface area contributed by atoms with Gasteiger partial charge in [-0.3, -0.25) is 4.68 Å². The topological polar surface area (TPSA) is 41.9 Å². The van der Waals surface area contributed by atoms with Crippen molar-refractivity contribution in [3.05, 3.63) is 46.2 Å². The molecule has 0 atom stereocenters. The SMILES string of the molecule is Cc1c(Br)c(C(F)(F)F)nn1CCCNC(=S)Nc1ccccc1. The second-order valence-corrected chi connectivity index (χ2v) is 6.27. The molecule has 0 radical (unpaired) electrons. The van der Waals surface area contributed by atoms with Crippen molar-refractivity contribution in [3.63, 3.8) is 0 Å². The molecule has 1 aromatic carbocycles. The number of nitrogens with zero attached hydrogens (tertiary/aromatic N) is 2. The second kappa shape index (κ2) is 7.98. The van der Waals surface area contributed by atoms with E-state index in [4.69, 9.17) is 12.2 Å². The van der Waals surface area contributed by atoms with Gasteiger partial charge in [0.1, 0.15) is 0 Å². The third kappa shape index (κ3) is 4.94. The van der Waals surface area contributed by atoms with Crippen LogP contribution in [0.3, 0.4) is 0 Å². The first-order chi connectivity index (χ1) is 11.3. The van der Waals surface area contributed by atoms with E-state index in [2.05, 4.69) is 31.7 Å². The summed E-state index contributed by atoms with van der Waals surface area (Å²) in [4.78, 5) is 0. The van der Waals surface area contributed by atoms with Crippen LogP contribution in [0.15, 0.2) is 34.8 Å². The number of para-hydroxylation sites is 1. The van der Waals surface area contributed by atoms with Crippen LogP contribution >= 0.6 is 28.1 Å². The van der Waals surface area contributed by atoms with Crippen molar-refractivity contribution in [3.8, 4) is 0 Å². The Bertz CT molecular complexity index is 701. The minimum absolute atomic E-state index is 0.00998. The largest absolute Gasteiger partial charge is 0.436 e. The molecule has 0 amide bonds. The zero-order valence-corrected chi connectivity index (χ0v) is 15.2. The Morgan fingerprint density at radius 2 is 1.96 bits per heavy atom. The van der Waals surface area contributed by atoms with Gasteiger partial charge in [0.2, 0.25) is 0 Å². The van der Waals surface area contributed by atoms with Crippen LogP contribution in [0, 0.1) is 6.92 Å². The Balaban J connectivity index is 1.81. The van der Waals surface area contributed by atoms with Gasteiger partial charge in [0.25, 0.3) is 0 Å². The van der Waals surface area contributed by atoms with E-state index in [1.54, 1.807) is 6.92 Å². The quantitative estimate of drug-likeness (QED) is 0.557. The molecule has 2 N–H and O–H groups in total. The Morgan fingerprint density at radius 1 is 1.29 bits per heavy atom. The highest BCUT2D eigenvalue weighted by Gasteiger charge is 2.37. The van der Waals surface area contributed by atoms with Crippen LogP contribution in [-0.4, -0.2) is 21.4 Å². The molecule has 4 nitrogen and oxygen atoms in total. The molecule has 0 aliphatic carbocycles. The number of rotatable bonds is 5. The molecular formula is C15H16BrF3N4S. The fraction of sp³-hybridized carbons (Fsp3) is 0.333. The van der Waals surface area contributed by atoms with Crippen LogP contribution in [0.2, 0.25) is 0 Å². The Labute approximate surface area is 151 Å². The number of benzene rings is 1. The van der Waals surface area contributed by atoms with Gasteiger partial charge in [-0.2, -0.15) is 18.3 Å². The molecule has 0 bridgehead atoms. The summed E-state index contributed by atoms with van der Waals surface area (Å²) < 4.78 is 39.7. The number of aromatic nitrogens is 2. The molecule has 0 unspecified atom stereocenters. The number of alkyl halides is 3. The molecule has 24 heavy (non-hydrogen) atoms. The van der Waals surface area contributed by atoms with Crippen molar-refractivity contribution in [1.82, 2.24) is 15.1 Å². The molecule has 130 valence electrons. The van der Waals surface area contributed by atoms with Crippen LogP contribution in [0.25, 0.3) is 0 Å². The summed E-state index contributed by atoms with van der Waals surface area (Å²) in [6, 6.07) is 9.46. The summed E-state index contributed by atoms with van der Waals surface area (Å²) in [5.41, 5.74) is 0.429. The third-order valence-corrected chi connectivity index (χ3v) is 4.46. The first-order valence-electron chi connectivity index (χ1n) is 7.19. The number of thiocarbonyl (C=S) groups is 1. The Kier molecular flexibility index (Phi) is 6.22. The molecular weight excluding hydrogens is 405 g/mol. The lowest BCUT2D eigenvalue weighted by molar-refractivity contribution is -0.142. The highest BCUT2D eigenvalue weighted by atomic mass is 79.9. The first-order valence-corrected chi connectivity index (χ1v) is 8.39. The molecule has 0 spiro atoms. The van der Waals surface area contributed by atoms with Crippen molar-refractivity contribution < 1.29 is 13.2 Å². The van der Waals surface area contributed by atoms with E-state index >= 15 is 0 Å². The normalized spacial score (nSPS) is 11.4. The lowest BCUT2D eigenvalue weighted by Crippen LogP contribution is -2.29. The van der Waals surface area contributed by atoms with Crippen LogP contribution in [0.1, 0.15) is 17.8 Å². The van der Waals surface area contributed by atoms with Gasteiger partial charge in [-0.25, -0.2) is 0 Å². The van der Waals surface area contributed by atoms with E-state index in [1.807, 2.05) is 30.3 Å². The average molecular weight is 421 g/mol. The molecule has 0 aliphatic rings. The lowest BCUT2D eigenvalue weighted by Gasteiger charge is -2.10. The van der Waals surface area contributed by atoms with Gasteiger partial charge in [-0.1, -0.05) is 18.2 Å². The minimum Gasteiger partial charge on any atom is -0.362 e. The van der Waals surface area contributed by atoms with Gasteiger partial charge >= 0.3 is 6.18 Å². The first kappa shape index (κ1) is 18.7. The monoisotopic (exact) mass is 420 g/mol. The summed E-state index contributed by atoms with van der Waals surface area (Å²) in [5, 5.41) is 10.1. The van der Waals surface area contributed by atoms with E-state index in [-0.39, 0.29) is 4.47 Å². The maximum Gasteiger partial charge on any atom is 0.436 e. The Morgan fingerprint density at radius 3 is 2.54 bits per heavy atom. The average Bonchev–Trinajstić information content (AvgIpc) is 2.81. The Hall–Kier alpha value is -1.61. The molecule has 0 fully saturated rings. The van der Waals surface area contributed by atoms with Gasteiger partial charge in [-0.15, -0.1) is 0 Å². The zero-order valence-electron chi connectivity index (χ0n) is 12.8. The van der Waals surface area contributed by atoms with Crippen LogP contribution in [-0.2, 0) is 12.7 Å². The summed E-state index contributed by atoms with van der Waals surface area (Å²) in [5.74, 6) is 0. The van der Waals surface area contributed by atoms with Crippen molar-refractivity contribution >= 4 is 38.9 Å². The lowest BCUT2D eigenvalue weighted by atomic mass is 10.3. The standard InChI is InChI=1S/C15H16BrF3N4S/c1-10-12(16)13(15(17,18)19)22-23(10)9-5-8-20-14(24)21-11-6-3-2-4-7-11/h2-4,6-7H,5,8-9H2,1H3,(H2,20,21,24). The maximum atomic E-state index is 12.8. The second-order valence-electron chi connectivity index (χ2n) is 5.07. The van der Waals surface area contributed by atoms with Crippen LogP contribution < -0.4 is 10.6 Å². The summed E-state index contributed by atoms with van der Waals surface area (Å²) >= 11 is 8.12. The van der Waals surface area contributed by atoms with Crippen molar-refractivity contribution in [2.45, 2.75) is 26.1 Å². The predicted molar refractivity (Wildman–Crippen MR) is 94.9 cm³/mol. The zero-order chi connectivity index (χ0) is 17.7. The van der Waals surface area contributed by atoms with E-state index in [0.29, 0.717) is 30.3 Å². The number of hydrogen-bond donors (Lipinski definition) is 2. The molecule has 2 aromatic rings. The summed E-state index contributed by atoms with van der Waals surface area (Å²) in [6.45, 7) is 2.49. The van der Waals surface area contributed by atoms with Gasteiger partial charge < -0.3 is 10.6 Å². The minimum atomic E-state index is -4.46. The maximum absolute atomic E-state index is 12.8. The number of anilines is 1. The number of hydrogen-bond acceptors (Lipinski definition) is 2. The molecule has 2 rings (SSSR count). The molecule has 0 aliphatic heterocycles. The van der Waals surface area contributed by atoms with E-state index in [1.165, 1.54) is 4.68 Å². The third-order valence-electron chi connectivity index (χ3n) is 3.27. The molecule has 1 aromatic heterocycles. The van der Waals surface area contributed by atoms with Gasteiger partial charge in [0.15, 0.2) is 10.8 Å². The molecule has 9 heteroatoms. The fourth-order valence-electron chi connectivity index (χ4n) is 2.05. The number of aryl methyl sites for hydroxylation is 1. The fourth-order valence-corrected chi connectivity index (χ4v) is 2.78. The van der Waals surface area contributed by atoms with Crippen LogP contribution in [0.5, 0.6) is 0 Å². The van der Waals surface area contributed by atoms with E-state index in [0.717, 1.165) is 5.69 Å². The van der Waals surface area contributed by atoms with Gasteiger partial charge in [0, 0.05) is 18.8 Å². The smallest absolute Gasteiger partial charge is 0.362 e. The highest BCUT2D eigenvalue weighted by molar-refractivity contribution is 9.10. The van der Waals surface area contributed by atoms with Crippen molar-refractivity contribution in [2.24, 2.45) is 0 Å². The van der Waals surface area contributed by atoms with Crippen molar-refractivity contribution in [1.29, 1.82) is 0 Å². The highest BCUT2D eigenvalue weighted by Crippen LogP contribution is 2.35. The number of halogens is 4. The van der Waals surface area contributed by atoms with E-state index < -0.39 is 11.9 Å². The predicted octanol–water partition coefficient (Wildman–Crippen LogP) is 4.35. The summed E-state index contributed by atoms with van der Waals surface area (Å²) in [6.07, 6.45) is -3.88. The van der Waals surface area contributed by atoms with Crippen LogP contribution in [0.4, 0.5) is 18.9 Å². The van der Waals surface area contributed by atoms with Gasteiger partial charge in [0.05, 0.1) is 10.2 Å². The number of nitrogens with one attached hydrogen (secondary N) is 2. The van der Waals surface area contributed by atoms with Crippen molar-refractivity contribution in [2.75, 3.05) is 11.9 Å². The molecule has 0 saturated carbocycles. The van der Waals surface area contributed by atoms with Gasteiger partial charge in [-0.05, 0) is 53.6 Å².